The highest BCUT2D eigenvalue weighted by atomic mass is 31.2. The van der Waals surface area contributed by atoms with Crippen LogP contribution in [0.2, 0.25) is 0 Å². The molecule has 0 aliphatic carbocycles. The zero-order valence-electron chi connectivity index (χ0n) is 46.7. The minimum absolute atomic E-state index is 0.375. The van der Waals surface area contributed by atoms with Crippen LogP contribution in [0.1, 0.15) is 38.9 Å². The van der Waals surface area contributed by atoms with E-state index in [1.165, 1.54) is 11.1 Å². The molecule has 0 amide bonds. The second-order valence-corrected chi connectivity index (χ2v) is 22.4. The Morgan fingerprint density at radius 1 is 0.280 bits per heavy atom. The van der Waals surface area contributed by atoms with E-state index in [-0.39, 0.29) is 0 Å². The SMILES string of the molecule is Cc1cccc(Oc2ccc(P(=O)(c3ccccc3)c3ccccc3)c(Oc3cccc(C)c3)c2)c1.Cc1cccc(Oc2cccc(Oc3cccc(C)c3)c2)c1.Cc1cccc(Oc2cccc(Oc3cccc(C)c3)c2C#N)c1. The predicted molar refractivity (Wildman–Crippen MR) is 331 cm³/mol. The fourth-order valence-electron chi connectivity index (χ4n) is 8.86. The molecule has 0 radical (unpaired) electrons. The maximum absolute atomic E-state index is 15.1. The quantitative estimate of drug-likeness (QED) is 0.0937. The molecule has 0 fully saturated rings. The molecule has 11 aromatic carbocycles. The smallest absolute Gasteiger partial charge is 0.174 e. The summed E-state index contributed by atoms with van der Waals surface area (Å²) in [6, 6.07) is 87.1. The maximum Gasteiger partial charge on any atom is 0.174 e. The zero-order chi connectivity index (χ0) is 57.3. The third kappa shape index (κ3) is 15.4. The number of aryl methyl sites for hydroxylation is 6. The number of benzene rings is 11. The first-order chi connectivity index (χ1) is 39.9. The Balaban J connectivity index is 0.000000155. The summed E-state index contributed by atoms with van der Waals surface area (Å²) in [5.41, 5.74) is 7.10. The Labute approximate surface area is 481 Å². The summed E-state index contributed by atoms with van der Waals surface area (Å²) in [6.45, 7) is 12.1. The van der Waals surface area contributed by atoms with Crippen LogP contribution in [0.15, 0.2) is 267 Å². The van der Waals surface area contributed by atoms with Crippen molar-refractivity contribution in [1.82, 2.24) is 0 Å². The molecule has 0 aliphatic heterocycles. The van der Waals surface area contributed by atoms with Gasteiger partial charge in [0.1, 0.15) is 80.6 Å². The first-order valence-electron chi connectivity index (χ1n) is 26.8. The van der Waals surface area contributed by atoms with Crippen molar-refractivity contribution < 1.29 is 33.0 Å². The Kier molecular flexibility index (Phi) is 18.8. The molecule has 0 saturated carbocycles. The lowest BCUT2D eigenvalue weighted by Crippen LogP contribution is -2.26. The number of nitriles is 1. The summed E-state index contributed by atoms with van der Waals surface area (Å²) >= 11 is 0. The number of rotatable bonds is 15. The van der Waals surface area contributed by atoms with Crippen molar-refractivity contribution in [3.63, 3.8) is 0 Å². The van der Waals surface area contributed by atoms with Crippen molar-refractivity contribution in [2.45, 2.75) is 41.5 Å². The number of nitrogens with zero attached hydrogens (tertiary/aromatic N) is 1. The molecule has 0 heterocycles. The van der Waals surface area contributed by atoms with E-state index in [4.69, 9.17) is 28.4 Å². The number of hydrogen-bond donors (Lipinski definition) is 0. The molecule has 0 unspecified atom stereocenters. The largest absolute Gasteiger partial charge is 0.457 e. The molecule has 8 nitrogen and oxygen atoms in total. The van der Waals surface area contributed by atoms with E-state index in [1.807, 2.05) is 296 Å². The molecule has 0 saturated heterocycles. The van der Waals surface area contributed by atoms with Crippen LogP contribution in [-0.4, -0.2) is 0 Å². The van der Waals surface area contributed by atoms with Gasteiger partial charge in [0, 0.05) is 22.7 Å². The van der Waals surface area contributed by atoms with Gasteiger partial charge in [0.15, 0.2) is 7.14 Å². The van der Waals surface area contributed by atoms with Crippen LogP contribution in [0.4, 0.5) is 0 Å². The molecule has 9 heteroatoms. The molecular weight excluding hydrogens is 1030 g/mol. The van der Waals surface area contributed by atoms with Gasteiger partial charge in [0.05, 0.1) is 5.30 Å². The molecule has 0 spiro atoms. The first kappa shape index (κ1) is 56.7. The van der Waals surface area contributed by atoms with Gasteiger partial charge in [0.2, 0.25) is 0 Å². The molecule has 0 aromatic heterocycles. The Morgan fingerprint density at radius 3 is 0.890 bits per heavy atom. The van der Waals surface area contributed by atoms with Crippen LogP contribution in [0.5, 0.6) is 69.0 Å². The van der Waals surface area contributed by atoms with Crippen molar-refractivity contribution in [2.75, 3.05) is 0 Å². The highest BCUT2D eigenvalue weighted by molar-refractivity contribution is 7.85. The van der Waals surface area contributed by atoms with Gasteiger partial charge in [-0.25, -0.2) is 0 Å². The van der Waals surface area contributed by atoms with E-state index in [0.29, 0.717) is 51.1 Å². The van der Waals surface area contributed by atoms with Crippen molar-refractivity contribution in [2.24, 2.45) is 0 Å². The second-order valence-electron chi connectivity index (χ2n) is 19.6. The summed E-state index contributed by atoms with van der Waals surface area (Å²) in [4.78, 5) is 0. The second kappa shape index (κ2) is 27.2. The van der Waals surface area contributed by atoms with Crippen molar-refractivity contribution in [3.05, 3.63) is 306 Å². The van der Waals surface area contributed by atoms with Crippen LogP contribution >= 0.6 is 7.14 Å². The molecular formula is C73H62NO7P. The van der Waals surface area contributed by atoms with Crippen molar-refractivity contribution in [1.29, 1.82) is 5.26 Å². The van der Waals surface area contributed by atoms with E-state index in [9.17, 15) is 5.26 Å². The molecule has 82 heavy (non-hydrogen) atoms. The molecule has 0 N–H and O–H groups in total. The molecule has 406 valence electrons. The van der Waals surface area contributed by atoms with E-state index >= 15 is 4.57 Å². The van der Waals surface area contributed by atoms with Crippen LogP contribution in [-0.2, 0) is 4.57 Å². The summed E-state index contributed by atoms with van der Waals surface area (Å²) in [5, 5.41) is 11.7. The van der Waals surface area contributed by atoms with Gasteiger partial charge < -0.3 is 33.0 Å². The lowest BCUT2D eigenvalue weighted by Gasteiger charge is -2.23. The van der Waals surface area contributed by atoms with Gasteiger partial charge >= 0.3 is 0 Å². The van der Waals surface area contributed by atoms with Gasteiger partial charge in [-0.3, -0.25) is 0 Å². The number of ether oxygens (including phenoxy) is 6. The fraction of sp³-hybridized carbons (Fsp3) is 0.0822. The standard InChI is InChI=1S/C32H27O3P.C21H17NO2.C20H18O2/c1-24-11-9-13-26(21-24)34-28-19-20-32(31(23-28)35-27-14-10-12-25(2)22-27)36(33,29-15-5-3-6-16-29)30-17-7-4-8-18-30;1-15-6-3-8-17(12-15)23-20-10-5-11-21(19(20)14-22)24-18-9-4-7-16(2)13-18;1-15-6-3-8-17(12-15)21-19-10-5-11-20(14-19)22-18-9-4-7-16(2)13-18/h3-23H,1-2H3;3-13H,1-2H3;3-14H,1-2H3. The lowest BCUT2D eigenvalue weighted by molar-refractivity contribution is 0.457. The average Bonchev–Trinajstić information content (AvgIpc) is 3.63. The van der Waals surface area contributed by atoms with Gasteiger partial charge in [0.25, 0.3) is 0 Å². The van der Waals surface area contributed by atoms with Crippen LogP contribution in [0.3, 0.4) is 0 Å². The minimum atomic E-state index is -3.25. The third-order valence-corrected chi connectivity index (χ3v) is 15.8. The molecule has 0 atom stereocenters. The summed E-state index contributed by atoms with van der Waals surface area (Å²) in [7, 11) is -3.25. The van der Waals surface area contributed by atoms with Gasteiger partial charge in [-0.1, -0.05) is 146 Å². The van der Waals surface area contributed by atoms with Crippen LogP contribution < -0.4 is 44.3 Å². The maximum atomic E-state index is 15.1. The van der Waals surface area contributed by atoms with Gasteiger partial charge in [-0.05, 0) is 184 Å². The monoisotopic (exact) mass is 1100 g/mol. The van der Waals surface area contributed by atoms with Crippen molar-refractivity contribution >= 4 is 23.1 Å². The first-order valence-corrected chi connectivity index (χ1v) is 28.5. The Bertz CT molecular complexity index is 3850. The molecule has 11 aromatic rings. The van der Waals surface area contributed by atoms with Crippen molar-refractivity contribution in [3.8, 4) is 75.1 Å². The zero-order valence-corrected chi connectivity index (χ0v) is 47.6. The Hall–Kier alpha value is -10.1. The summed E-state index contributed by atoms with van der Waals surface area (Å²) < 4.78 is 51.2. The van der Waals surface area contributed by atoms with Crippen LogP contribution in [0, 0.1) is 52.9 Å². The van der Waals surface area contributed by atoms with Gasteiger partial charge in [-0.2, -0.15) is 5.26 Å². The third-order valence-electron chi connectivity index (χ3n) is 12.7. The predicted octanol–water partition coefficient (Wildman–Crippen LogP) is 19.2. The van der Waals surface area contributed by atoms with E-state index in [2.05, 4.69) is 6.07 Å². The lowest BCUT2D eigenvalue weighted by atomic mass is 10.2. The van der Waals surface area contributed by atoms with E-state index in [0.717, 1.165) is 61.6 Å². The Morgan fingerprint density at radius 2 is 0.561 bits per heavy atom. The summed E-state index contributed by atoms with van der Waals surface area (Å²) in [6.07, 6.45) is 0. The van der Waals surface area contributed by atoms with Crippen LogP contribution in [0.25, 0.3) is 0 Å². The highest BCUT2D eigenvalue weighted by Crippen LogP contribution is 2.47. The topological polar surface area (TPSA) is 96.2 Å². The normalized spacial score (nSPS) is 10.6. The molecule has 0 bridgehead atoms. The minimum Gasteiger partial charge on any atom is -0.457 e. The molecule has 11 rings (SSSR count). The number of hydrogen-bond acceptors (Lipinski definition) is 8. The molecule has 0 aliphatic rings. The summed E-state index contributed by atoms with van der Waals surface area (Å²) in [5.74, 6) is 8.04. The average molecular weight is 1100 g/mol. The van der Waals surface area contributed by atoms with E-state index < -0.39 is 7.14 Å². The van der Waals surface area contributed by atoms with E-state index in [1.54, 1.807) is 12.1 Å². The van der Waals surface area contributed by atoms with Gasteiger partial charge in [-0.15, -0.1) is 0 Å². The fourth-order valence-corrected chi connectivity index (χ4v) is 11.6. The highest BCUT2D eigenvalue weighted by Gasteiger charge is 2.33.